The van der Waals surface area contributed by atoms with Gasteiger partial charge in [-0.05, 0) is 23.8 Å². The summed E-state index contributed by atoms with van der Waals surface area (Å²) in [5.74, 6) is -0.343. The van der Waals surface area contributed by atoms with E-state index in [1.54, 1.807) is 6.07 Å². The molecule has 5 nitrogen and oxygen atoms in total. The van der Waals surface area contributed by atoms with Crippen molar-refractivity contribution >= 4 is 11.8 Å². The molecule has 3 rings (SSSR count). The first kappa shape index (κ1) is 13.2. The maximum atomic E-state index is 11.0. The molecule has 106 valence electrons. The summed E-state index contributed by atoms with van der Waals surface area (Å²) < 4.78 is 0. The molecular weight excluding hydrogens is 266 g/mol. The quantitative estimate of drug-likeness (QED) is 0.899. The van der Waals surface area contributed by atoms with Gasteiger partial charge in [-0.1, -0.05) is 30.3 Å². The molecule has 0 radical (unpaired) electrons. The predicted molar refractivity (Wildman–Crippen MR) is 79.9 cm³/mol. The Labute approximate surface area is 122 Å². The van der Waals surface area contributed by atoms with Gasteiger partial charge in [-0.25, -0.2) is 9.78 Å². The lowest BCUT2D eigenvalue weighted by Gasteiger charge is -2.19. The van der Waals surface area contributed by atoms with Crippen LogP contribution in [0.25, 0.3) is 0 Å². The van der Waals surface area contributed by atoms with Crippen LogP contribution in [0, 0.1) is 0 Å². The summed E-state index contributed by atoms with van der Waals surface area (Å²) in [5.41, 5.74) is 5.81. The van der Waals surface area contributed by atoms with E-state index in [9.17, 15) is 4.79 Å². The highest BCUT2D eigenvalue weighted by Crippen LogP contribution is 2.17. The zero-order valence-corrected chi connectivity index (χ0v) is 11.4. The van der Waals surface area contributed by atoms with Crippen LogP contribution in [-0.2, 0) is 6.42 Å². The minimum Gasteiger partial charge on any atom is -0.478 e. The van der Waals surface area contributed by atoms with Gasteiger partial charge in [-0.15, -0.1) is 0 Å². The van der Waals surface area contributed by atoms with Crippen molar-refractivity contribution in [2.24, 2.45) is 0 Å². The highest BCUT2D eigenvalue weighted by atomic mass is 16.4. The first-order valence-electron chi connectivity index (χ1n) is 6.69. The monoisotopic (exact) mass is 281 g/mol. The highest BCUT2D eigenvalue weighted by Gasteiger charge is 2.16. The number of carbonyl (C=O) groups is 1. The van der Waals surface area contributed by atoms with Crippen molar-refractivity contribution in [3.8, 4) is 0 Å². The summed E-state index contributed by atoms with van der Waals surface area (Å²) in [5, 5.41) is 10.9. The molecular formula is C16H15N3O2. The molecule has 5 heteroatoms. The minimum atomic E-state index is -0.949. The van der Waals surface area contributed by atoms with Gasteiger partial charge in [0.2, 0.25) is 0 Å². The highest BCUT2D eigenvalue weighted by molar-refractivity contribution is 5.88. The van der Waals surface area contributed by atoms with E-state index in [4.69, 9.17) is 5.11 Å². The molecule has 0 saturated carbocycles. The second-order valence-electron chi connectivity index (χ2n) is 4.82. The third kappa shape index (κ3) is 3.02. The number of anilines is 1. The summed E-state index contributed by atoms with van der Waals surface area (Å²) in [4.78, 5) is 15.2. The smallest absolute Gasteiger partial charge is 0.335 e. The number of allylic oxidation sites excluding steroid dienone is 1. The van der Waals surface area contributed by atoms with E-state index in [0.29, 0.717) is 12.4 Å². The van der Waals surface area contributed by atoms with Crippen molar-refractivity contribution in [3.63, 3.8) is 0 Å². The lowest BCUT2D eigenvalue weighted by atomic mass is 10.1. The van der Waals surface area contributed by atoms with Crippen LogP contribution in [0.1, 0.15) is 15.9 Å². The molecule has 1 aliphatic heterocycles. The number of nitrogens with one attached hydrogen (secondary N) is 1. The SMILES string of the molecule is O=C(O)c1ccnc(N2CC=C(Cc3ccccc3)N2)c1. The Morgan fingerprint density at radius 2 is 2.10 bits per heavy atom. The molecule has 2 heterocycles. The molecule has 2 N–H and O–H groups in total. The van der Waals surface area contributed by atoms with Gasteiger partial charge in [0.15, 0.2) is 0 Å². The van der Waals surface area contributed by atoms with Crippen LogP contribution < -0.4 is 10.4 Å². The molecule has 0 saturated heterocycles. The van der Waals surface area contributed by atoms with Gasteiger partial charge in [-0.3, -0.25) is 5.01 Å². The van der Waals surface area contributed by atoms with Gasteiger partial charge in [0.25, 0.3) is 0 Å². The van der Waals surface area contributed by atoms with Gasteiger partial charge in [-0.2, -0.15) is 0 Å². The van der Waals surface area contributed by atoms with E-state index in [1.807, 2.05) is 23.2 Å². The van der Waals surface area contributed by atoms with E-state index in [1.165, 1.54) is 17.8 Å². The van der Waals surface area contributed by atoms with Crippen LogP contribution in [0.15, 0.2) is 60.4 Å². The zero-order chi connectivity index (χ0) is 14.7. The molecule has 0 unspecified atom stereocenters. The molecule has 1 aromatic carbocycles. The van der Waals surface area contributed by atoms with E-state index in [0.717, 1.165) is 12.1 Å². The molecule has 2 aromatic rings. The fraction of sp³-hybridized carbons (Fsp3) is 0.125. The lowest BCUT2D eigenvalue weighted by molar-refractivity contribution is 0.0697. The summed E-state index contributed by atoms with van der Waals surface area (Å²) >= 11 is 0. The number of benzene rings is 1. The van der Waals surface area contributed by atoms with Crippen LogP contribution >= 0.6 is 0 Å². The number of nitrogens with zero attached hydrogens (tertiary/aromatic N) is 2. The number of hydrogen-bond acceptors (Lipinski definition) is 4. The van der Waals surface area contributed by atoms with Crippen LogP contribution in [0.2, 0.25) is 0 Å². The third-order valence-electron chi connectivity index (χ3n) is 3.31. The number of aromatic nitrogens is 1. The molecule has 0 atom stereocenters. The Morgan fingerprint density at radius 1 is 1.29 bits per heavy atom. The topological polar surface area (TPSA) is 65.5 Å². The predicted octanol–water partition coefficient (Wildman–Crippen LogP) is 2.23. The number of carboxylic acids is 1. The van der Waals surface area contributed by atoms with Crippen molar-refractivity contribution in [2.75, 3.05) is 11.6 Å². The van der Waals surface area contributed by atoms with Gasteiger partial charge < -0.3 is 10.5 Å². The van der Waals surface area contributed by atoms with E-state index >= 15 is 0 Å². The second kappa shape index (κ2) is 5.66. The van der Waals surface area contributed by atoms with Crippen LogP contribution in [0.3, 0.4) is 0 Å². The molecule has 0 spiro atoms. The first-order chi connectivity index (χ1) is 10.2. The van der Waals surface area contributed by atoms with Crippen LogP contribution in [0.5, 0.6) is 0 Å². The summed E-state index contributed by atoms with van der Waals surface area (Å²) in [6, 6.07) is 13.2. The summed E-state index contributed by atoms with van der Waals surface area (Å²) in [7, 11) is 0. The van der Waals surface area contributed by atoms with Crippen molar-refractivity contribution in [3.05, 3.63) is 71.6 Å². The Morgan fingerprint density at radius 3 is 2.86 bits per heavy atom. The van der Waals surface area contributed by atoms with Gasteiger partial charge >= 0.3 is 5.97 Å². The molecule has 0 amide bonds. The zero-order valence-electron chi connectivity index (χ0n) is 11.4. The number of aromatic carboxylic acids is 1. The lowest BCUT2D eigenvalue weighted by Crippen LogP contribution is -2.33. The number of rotatable bonds is 4. The number of hydrazine groups is 1. The molecule has 0 bridgehead atoms. The third-order valence-corrected chi connectivity index (χ3v) is 3.31. The van der Waals surface area contributed by atoms with Gasteiger partial charge in [0.1, 0.15) is 5.82 Å². The number of hydrogen-bond donors (Lipinski definition) is 2. The Balaban J connectivity index is 1.68. The standard InChI is InChI=1S/C16H15N3O2/c20-16(21)13-6-8-17-15(11-13)19-9-7-14(18-19)10-12-4-2-1-3-5-12/h1-8,11,18H,9-10H2,(H,20,21). The Bertz CT molecular complexity index is 683. The molecule has 1 aromatic heterocycles. The Hall–Kier alpha value is -2.82. The van der Waals surface area contributed by atoms with E-state index in [2.05, 4.69) is 28.6 Å². The van der Waals surface area contributed by atoms with Crippen LogP contribution in [-0.4, -0.2) is 22.6 Å². The van der Waals surface area contributed by atoms with Gasteiger partial charge in [0.05, 0.1) is 12.1 Å². The largest absolute Gasteiger partial charge is 0.478 e. The van der Waals surface area contributed by atoms with Crippen molar-refractivity contribution < 1.29 is 9.90 Å². The van der Waals surface area contributed by atoms with Gasteiger partial charge in [0, 0.05) is 18.3 Å². The molecule has 0 fully saturated rings. The summed E-state index contributed by atoms with van der Waals surface area (Å²) in [6.07, 6.45) is 4.41. The first-order valence-corrected chi connectivity index (χ1v) is 6.69. The number of pyridine rings is 1. The number of carboxylic acid groups (broad SMARTS) is 1. The normalized spacial score (nSPS) is 13.7. The molecule has 1 aliphatic rings. The molecule has 0 aliphatic carbocycles. The Kier molecular flexibility index (Phi) is 3.55. The van der Waals surface area contributed by atoms with Crippen molar-refractivity contribution in [2.45, 2.75) is 6.42 Å². The van der Waals surface area contributed by atoms with Crippen LogP contribution in [0.4, 0.5) is 5.82 Å². The minimum absolute atomic E-state index is 0.235. The van der Waals surface area contributed by atoms with Crippen molar-refractivity contribution in [1.82, 2.24) is 10.4 Å². The fourth-order valence-electron chi connectivity index (χ4n) is 2.24. The molecule has 21 heavy (non-hydrogen) atoms. The second-order valence-corrected chi connectivity index (χ2v) is 4.82. The van der Waals surface area contributed by atoms with E-state index < -0.39 is 5.97 Å². The average molecular weight is 281 g/mol. The maximum Gasteiger partial charge on any atom is 0.335 e. The summed E-state index contributed by atoms with van der Waals surface area (Å²) in [6.45, 7) is 0.665. The van der Waals surface area contributed by atoms with E-state index in [-0.39, 0.29) is 5.56 Å². The average Bonchev–Trinajstić information content (AvgIpc) is 2.97. The van der Waals surface area contributed by atoms with Crippen molar-refractivity contribution in [1.29, 1.82) is 0 Å². The maximum absolute atomic E-state index is 11.0. The fourth-order valence-corrected chi connectivity index (χ4v) is 2.24.